The summed E-state index contributed by atoms with van der Waals surface area (Å²) < 4.78 is 43.0. The maximum absolute atomic E-state index is 12.8. The Kier molecular flexibility index (Phi) is 12.5. The maximum Gasteiger partial charge on any atom is 0.226 e. The molecule has 2 aliphatic rings. The molecule has 1 amide bonds. The molecular weight excluding hydrogens is 541 g/mol. The molecule has 1 aromatic heterocycles. The minimum Gasteiger partial charge on any atom is -0.492 e. The van der Waals surface area contributed by atoms with Gasteiger partial charge < -0.3 is 14.6 Å². The van der Waals surface area contributed by atoms with Crippen LogP contribution in [0.15, 0.2) is 55.6 Å². The summed E-state index contributed by atoms with van der Waals surface area (Å²) in [5.74, 6) is -0.734. The third-order valence-electron chi connectivity index (χ3n) is 7.82. The maximum atomic E-state index is 12.8. The number of hydrogen-bond donors (Lipinski definition) is 1. The van der Waals surface area contributed by atoms with Crippen molar-refractivity contribution in [2.45, 2.75) is 39.3 Å². The number of rotatable bonds is 9. The van der Waals surface area contributed by atoms with Crippen LogP contribution in [0.2, 0.25) is 0 Å². The number of halogens is 3. The number of aromatic nitrogens is 1. The van der Waals surface area contributed by atoms with Crippen LogP contribution in [-0.4, -0.2) is 85.2 Å². The average molecular weight is 589 g/mol. The number of benzene rings is 2. The van der Waals surface area contributed by atoms with Gasteiger partial charge in [-0.3, -0.25) is 19.0 Å². The van der Waals surface area contributed by atoms with Gasteiger partial charge in [0.25, 0.3) is 0 Å². The quantitative estimate of drug-likeness (QED) is 0.297. The number of aromatic amines is 1. The van der Waals surface area contributed by atoms with Crippen LogP contribution in [0, 0.1) is 23.5 Å². The summed E-state index contributed by atoms with van der Waals surface area (Å²) in [7, 11) is 3.67. The topological polar surface area (TPSA) is 51.8 Å². The Morgan fingerprint density at radius 1 is 1.17 bits per heavy atom. The highest BCUT2D eigenvalue weighted by atomic mass is 19.1. The van der Waals surface area contributed by atoms with Gasteiger partial charge in [-0.25, -0.2) is 8.78 Å². The van der Waals surface area contributed by atoms with E-state index in [2.05, 4.69) is 54.2 Å². The highest BCUT2D eigenvalue weighted by molar-refractivity contribution is 5.85. The van der Waals surface area contributed by atoms with Crippen LogP contribution in [0.1, 0.15) is 33.0 Å². The molecule has 0 unspecified atom stereocenters. The lowest BCUT2D eigenvalue weighted by Gasteiger charge is -2.37. The number of ether oxygens (including phenoxy) is 1. The fourth-order valence-electron chi connectivity index (χ4n) is 5.67. The standard InChI is InChI=1S/C19H27N3O.C12H14F3NO.C2H4.H2/c1-5-14-10-16-15-8-6-7-9-17(15)20-18(16)12-22(14)11-13(2)19(23)21(3)4;13-6-9-7-16(8-9)1-2-17-12-4-10(14)3-11(15)5-12;1-2;/h6-9,13-14,20H,5,10-12H2,1-4H3;3-5,9H,1-2,6-8H2;1-2H2;1H/t13-,14+;;;/m0.../s1. The van der Waals surface area contributed by atoms with E-state index in [1.165, 1.54) is 22.2 Å². The van der Waals surface area contributed by atoms with E-state index in [1.807, 2.05) is 25.9 Å². The van der Waals surface area contributed by atoms with Gasteiger partial charge in [0.15, 0.2) is 0 Å². The number of carbonyl (C=O) groups is 1. The van der Waals surface area contributed by atoms with Crippen LogP contribution in [0.4, 0.5) is 13.2 Å². The zero-order chi connectivity index (χ0) is 30.8. The first-order chi connectivity index (χ1) is 20.2. The molecule has 3 aromatic rings. The smallest absolute Gasteiger partial charge is 0.226 e. The molecule has 2 atom stereocenters. The highest BCUT2D eigenvalue weighted by Gasteiger charge is 2.30. The van der Waals surface area contributed by atoms with E-state index in [-0.39, 0.29) is 31.6 Å². The van der Waals surface area contributed by atoms with E-state index in [1.54, 1.807) is 4.90 Å². The molecule has 1 fully saturated rings. The van der Waals surface area contributed by atoms with Gasteiger partial charge >= 0.3 is 0 Å². The molecule has 3 heterocycles. The first-order valence-electron chi connectivity index (χ1n) is 14.6. The monoisotopic (exact) mass is 588 g/mol. The molecule has 5 rings (SSSR count). The fourth-order valence-corrected chi connectivity index (χ4v) is 5.67. The van der Waals surface area contributed by atoms with Gasteiger partial charge in [0.05, 0.1) is 6.67 Å². The molecule has 1 saturated heterocycles. The van der Waals surface area contributed by atoms with Crippen LogP contribution in [-0.2, 0) is 17.8 Å². The van der Waals surface area contributed by atoms with Gasteiger partial charge in [-0.2, -0.15) is 0 Å². The van der Waals surface area contributed by atoms with E-state index in [0.717, 1.165) is 57.2 Å². The van der Waals surface area contributed by atoms with Crippen molar-refractivity contribution in [2.75, 3.05) is 53.6 Å². The van der Waals surface area contributed by atoms with Crippen LogP contribution in [0.25, 0.3) is 10.9 Å². The van der Waals surface area contributed by atoms with Gasteiger partial charge in [0, 0.05) is 101 Å². The number of hydrogen-bond acceptors (Lipinski definition) is 4. The predicted octanol–water partition coefficient (Wildman–Crippen LogP) is 6.32. The first-order valence-corrected chi connectivity index (χ1v) is 14.6. The van der Waals surface area contributed by atoms with Crippen molar-refractivity contribution in [1.82, 2.24) is 19.7 Å². The largest absolute Gasteiger partial charge is 0.492 e. The van der Waals surface area contributed by atoms with Gasteiger partial charge in [-0.15, -0.1) is 13.2 Å². The molecular formula is C33H47F3N4O2. The molecule has 232 valence electrons. The van der Waals surface area contributed by atoms with Crippen molar-refractivity contribution >= 4 is 16.8 Å². The normalized spacial score (nSPS) is 17.6. The SMILES string of the molecule is C=C.CC[C@@H]1Cc2c([nH]c3ccccc23)CN1C[C@H](C)C(=O)N(C)C.FCC1CN(CCOc2cc(F)cc(F)c2)C1.[HH]. The molecule has 2 aliphatic heterocycles. The molecule has 0 bridgehead atoms. The Hall–Kier alpha value is -3.30. The minimum atomic E-state index is -0.651. The van der Waals surface area contributed by atoms with E-state index in [0.29, 0.717) is 19.2 Å². The number of carbonyl (C=O) groups excluding carboxylic acids is 1. The summed E-state index contributed by atoms with van der Waals surface area (Å²) in [5, 5.41) is 1.36. The first kappa shape index (κ1) is 33.2. The lowest BCUT2D eigenvalue weighted by molar-refractivity contribution is -0.133. The van der Waals surface area contributed by atoms with Crippen molar-refractivity contribution in [3.63, 3.8) is 0 Å². The van der Waals surface area contributed by atoms with Crippen LogP contribution >= 0.6 is 0 Å². The van der Waals surface area contributed by atoms with Crippen molar-refractivity contribution in [2.24, 2.45) is 11.8 Å². The van der Waals surface area contributed by atoms with Crippen LogP contribution in [0.5, 0.6) is 5.75 Å². The molecule has 2 aromatic carbocycles. The fraction of sp³-hybridized carbons (Fsp3) is 0.485. The molecule has 42 heavy (non-hydrogen) atoms. The Morgan fingerprint density at radius 3 is 2.45 bits per heavy atom. The summed E-state index contributed by atoms with van der Waals surface area (Å²) in [6, 6.07) is 12.2. The highest BCUT2D eigenvalue weighted by Crippen LogP contribution is 2.31. The van der Waals surface area contributed by atoms with Crippen molar-refractivity contribution in [1.29, 1.82) is 0 Å². The van der Waals surface area contributed by atoms with Crippen molar-refractivity contribution in [3.8, 4) is 5.75 Å². The number of H-pyrrole nitrogens is 1. The zero-order valence-electron chi connectivity index (χ0n) is 25.3. The number of fused-ring (bicyclic) bond motifs is 3. The number of para-hydroxylation sites is 1. The second-order valence-electron chi connectivity index (χ2n) is 11.2. The Balaban J connectivity index is 0.000000288. The summed E-state index contributed by atoms with van der Waals surface area (Å²) in [6.07, 6.45) is 2.18. The second-order valence-corrected chi connectivity index (χ2v) is 11.2. The van der Waals surface area contributed by atoms with Gasteiger partial charge in [0.1, 0.15) is 24.0 Å². The van der Waals surface area contributed by atoms with Gasteiger partial charge in [-0.05, 0) is 24.5 Å². The molecule has 0 saturated carbocycles. The van der Waals surface area contributed by atoms with E-state index >= 15 is 0 Å². The lowest BCUT2D eigenvalue weighted by Crippen LogP contribution is -2.49. The Morgan fingerprint density at radius 2 is 1.83 bits per heavy atom. The molecule has 0 radical (unpaired) electrons. The number of nitrogens with zero attached hydrogens (tertiary/aromatic N) is 3. The van der Waals surface area contributed by atoms with Crippen LogP contribution in [0.3, 0.4) is 0 Å². The Bertz CT molecular complexity index is 1280. The lowest BCUT2D eigenvalue weighted by atomic mass is 9.94. The van der Waals surface area contributed by atoms with E-state index in [4.69, 9.17) is 4.74 Å². The number of alkyl halides is 1. The second kappa shape index (κ2) is 15.8. The minimum absolute atomic E-state index is 0. The van der Waals surface area contributed by atoms with Crippen molar-refractivity contribution in [3.05, 3.63) is 78.5 Å². The third-order valence-corrected chi connectivity index (χ3v) is 7.82. The Labute approximate surface area is 249 Å². The molecule has 9 heteroatoms. The molecule has 1 N–H and O–H groups in total. The van der Waals surface area contributed by atoms with Gasteiger partial charge in [0.2, 0.25) is 5.91 Å². The van der Waals surface area contributed by atoms with Crippen molar-refractivity contribution < 1.29 is 24.1 Å². The molecule has 0 spiro atoms. The average Bonchev–Trinajstić information content (AvgIpc) is 3.31. The summed E-state index contributed by atoms with van der Waals surface area (Å²) >= 11 is 0. The number of amides is 1. The van der Waals surface area contributed by atoms with Gasteiger partial charge in [-0.1, -0.05) is 32.0 Å². The van der Waals surface area contributed by atoms with Crippen LogP contribution < -0.4 is 4.74 Å². The summed E-state index contributed by atoms with van der Waals surface area (Å²) in [6.45, 7) is 14.2. The van der Waals surface area contributed by atoms with E-state index < -0.39 is 11.6 Å². The molecule has 0 aliphatic carbocycles. The number of likely N-dealkylation sites (tertiary alicyclic amines) is 1. The molecule has 6 nitrogen and oxygen atoms in total. The summed E-state index contributed by atoms with van der Waals surface area (Å²) in [4.78, 5) is 22.0. The van der Waals surface area contributed by atoms with E-state index in [9.17, 15) is 18.0 Å². The number of nitrogens with one attached hydrogen (secondary N) is 1. The third kappa shape index (κ3) is 8.61. The zero-order valence-corrected chi connectivity index (χ0v) is 25.3. The predicted molar refractivity (Wildman–Crippen MR) is 165 cm³/mol. The summed E-state index contributed by atoms with van der Waals surface area (Å²) in [5.41, 5.74) is 4.02.